The molecule has 1 aliphatic rings. The maximum Gasteiger partial charge on any atom is 0.338 e. The minimum Gasteiger partial charge on any atom is -0.459 e. The molecule has 0 unspecified atom stereocenters. The van der Waals surface area contributed by atoms with E-state index >= 15 is 0 Å². The molecule has 1 atom stereocenters. The number of esters is 1. The molecule has 0 radical (unpaired) electrons. The highest BCUT2D eigenvalue weighted by atomic mass is 79.9. The van der Waals surface area contributed by atoms with Gasteiger partial charge in [-0.2, -0.15) is 0 Å². The van der Waals surface area contributed by atoms with Gasteiger partial charge in [0, 0.05) is 10.2 Å². The molecular weight excluding hydrogens is 336 g/mol. The van der Waals surface area contributed by atoms with E-state index in [0.29, 0.717) is 11.3 Å². The number of hydrogen-bond donors (Lipinski definition) is 2. The first-order valence-electron chi connectivity index (χ1n) is 6.63. The Morgan fingerprint density at radius 1 is 1.38 bits per heavy atom. The fraction of sp³-hybridized carbons (Fsp3) is 0.333. The third kappa shape index (κ3) is 3.64. The Hall–Kier alpha value is -1.82. The number of allylic oxidation sites excluding steroid dienone is 1. The molecule has 112 valence electrons. The summed E-state index contributed by atoms with van der Waals surface area (Å²) < 4.78 is 6.15. The molecule has 0 aromatic heterocycles. The number of amides is 2. The van der Waals surface area contributed by atoms with Gasteiger partial charge in [0.1, 0.15) is 0 Å². The van der Waals surface area contributed by atoms with Crippen LogP contribution in [0.1, 0.15) is 32.4 Å². The second-order valence-corrected chi connectivity index (χ2v) is 5.99. The lowest BCUT2D eigenvalue weighted by Gasteiger charge is -2.28. The summed E-state index contributed by atoms with van der Waals surface area (Å²) >= 11 is 3.40. The van der Waals surface area contributed by atoms with Crippen molar-refractivity contribution in [2.45, 2.75) is 32.9 Å². The van der Waals surface area contributed by atoms with Gasteiger partial charge < -0.3 is 15.4 Å². The van der Waals surface area contributed by atoms with Crippen LogP contribution in [0.3, 0.4) is 0 Å². The van der Waals surface area contributed by atoms with Gasteiger partial charge in [0.25, 0.3) is 0 Å². The molecule has 1 aromatic carbocycles. The molecule has 2 amide bonds. The lowest BCUT2D eigenvalue weighted by molar-refractivity contribution is -0.143. The maximum absolute atomic E-state index is 12.3. The number of nitrogens with one attached hydrogen (secondary N) is 2. The number of rotatable bonds is 3. The number of benzene rings is 1. The number of carbonyl (C=O) groups excluding carboxylic acids is 2. The van der Waals surface area contributed by atoms with Crippen LogP contribution in [0.5, 0.6) is 0 Å². The molecule has 5 nitrogen and oxygen atoms in total. The Morgan fingerprint density at radius 3 is 2.71 bits per heavy atom. The summed E-state index contributed by atoms with van der Waals surface area (Å²) in [5.41, 5.74) is 1.74. The summed E-state index contributed by atoms with van der Waals surface area (Å²) in [6.45, 7) is 5.27. The van der Waals surface area contributed by atoms with Gasteiger partial charge in [0.2, 0.25) is 0 Å². The topological polar surface area (TPSA) is 67.4 Å². The standard InChI is InChI=1S/C15H17BrN2O3/c1-8(2)21-14(19)12-9(3)17-15(20)18-13(12)10-5-4-6-11(16)7-10/h4-8,13H,1-3H3,(H2,17,18,20)/t13-/m1/s1. The normalized spacial score (nSPS) is 18.3. The molecule has 0 bridgehead atoms. The Labute approximate surface area is 131 Å². The summed E-state index contributed by atoms with van der Waals surface area (Å²) in [5, 5.41) is 5.38. The monoisotopic (exact) mass is 352 g/mol. The summed E-state index contributed by atoms with van der Waals surface area (Å²) in [6.07, 6.45) is -0.224. The number of ether oxygens (including phenoxy) is 1. The minimum absolute atomic E-state index is 0.224. The highest BCUT2D eigenvalue weighted by Gasteiger charge is 2.32. The van der Waals surface area contributed by atoms with Crippen LogP contribution in [0.15, 0.2) is 40.0 Å². The molecular formula is C15H17BrN2O3. The highest BCUT2D eigenvalue weighted by Crippen LogP contribution is 2.29. The van der Waals surface area contributed by atoms with Crippen LogP contribution < -0.4 is 10.6 Å². The summed E-state index contributed by atoms with van der Waals surface area (Å²) in [7, 11) is 0. The van der Waals surface area contributed by atoms with Gasteiger partial charge in [-0.05, 0) is 38.5 Å². The molecule has 0 saturated carbocycles. The van der Waals surface area contributed by atoms with Gasteiger partial charge in [0.15, 0.2) is 0 Å². The van der Waals surface area contributed by atoms with Crippen molar-refractivity contribution in [1.82, 2.24) is 10.6 Å². The molecule has 0 fully saturated rings. The number of carbonyl (C=O) groups is 2. The van der Waals surface area contributed by atoms with Crippen LogP contribution >= 0.6 is 15.9 Å². The Morgan fingerprint density at radius 2 is 2.10 bits per heavy atom. The highest BCUT2D eigenvalue weighted by molar-refractivity contribution is 9.10. The predicted molar refractivity (Wildman–Crippen MR) is 82.5 cm³/mol. The second kappa shape index (κ2) is 6.30. The quantitative estimate of drug-likeness (QED) is 0.821. The Balaban J connectivity index is 2.43. The van der Waals surface area contributed by atoms with E-state index in [1.807, 2.05) is 24.3 Å². The predicted octanol–water partition coefficient (Wildman–Crippen LogP) is 3.03. The van der Waals surface area contributed by atoms with Crippen LogP contribution in [-0.2, 0) is 9.53 Å². The van der Waals surface area contributed by atoms with Gasteiger partial charge in [-0.15, -0.1) is 0 Å². The fourth-order valence-corrected chi connectivity index (χ4v) is 2.60. The molecule has 1 aromatic rings. The van der Waals surface area contributed by atoms with Crippen LogP contribution in [0.25, 0.3) is 0 Å². The molecule has 0 spiro atoms. The van der Waals surface area contributed by atoms with Gasteiger partial charge in [0.05, 0.1) is 17.7 Å². The van der Waals surface area contributed by atoms with E-state index in [4.69, 9.17) is 4.74 Å². The van der Waals surface area contributed by atoms with Crippen molar-refractivity contribution in [3.8, 4) is 0 Å². The second-order valence-electron chi connectivity index (χ2n) is 5.08. The largest absolute Gasteiger partial charge is 0.459 e. The minimum atomic E-state index is -0.525. The average molecular weight is 353 g/mol. The average Bonchev–Trinajstić information content (AvgIpc) is 2.36. The SMILES string of the molecule is CC1=C(C(=O)OC(C)C)[C@@H](c2cccc(Br)c2)NC(=O)N1. The lowest BCUT2D eigenvalue weighted by atomic mass is 9.95. The van der Waals surface area contributed by atoms with Crippen LogP contribution in [0.4, 0.5) is 4.79 Å². The van der Waals surface area contributed by atoms with Crippen molar-refractivity contribution >= 4 is 27.9 Å². The molecule has 2 rings (SSSR count). The molecule has 21 heavy (non-hydrogen) atoms. The van der Waals surface area contributed by atoms with Crippen LogP contribution in [0.2, 0.25) is 0 Å². The van der Waals surface area contributed by atoms with Crippen molar-refractivity contribution in [3.63, 3.8) is 0 Å². The third-order valence-corrected chi connectivity index (χ3v) is 3.51. The number of hydrogen-bond acceptors (Lipinski definition) is 3. The number of urea groups is 1. The molecule has 0 aliphatic carbocycles. The number of halogens is 1. The lowest BCUT2D eigenvalue weighted by Crippen LogP contribution is -2.45. The van der Waals surface area contributed by atoms with Crippen molar-refractivity contribution < 1.29 is 14.3 Å². The summed E-state index contributed by atoms with van der Waals surface area (Å²) in [5.74, 6) is -0.431. The first-order chi connectivity index (χ1) is 9.88. The van der Waals surface area contributed by atoms with Crippen molar-refractivity contribution in [2.75, 3.05) is 0 Å². The van der Waals surface area contributed by atoms with Gasteiger partial charge in [-0.1, -0.05) is 28.1 Å². The van der Waals surface area contributed by atoms with Gasteiger partial charge in [-0.3, -0.25) is 0 Å². The third-order valence-electron chi connectivity index (χ3n) is 3.01. The summed E-state index contributed by atoms with van der Waals surface area (Å²) in [6, 6.07) is 6.60. The van der Waals surface area contributed by atoms with Crippen LogP contribution in [0, 0.1) is 0 Å². The van der Waals surface area contributed by atoms with Crippen molar-refractivity contribution in [2.24, 2.45) is 0 Å². The zero-order valence-electron chi connectivity index (χ0n) is 12.1. The maximum atomic E-state index is 12.3. The van der Waals surface area contributed by atoms with E-state index < -0.39 is 12.0 Å². The first-order valence-corrected chi connectivity index (χ1v) is 7.42. The molecule has 6 heteroatoms. The van der Waals surface area contributed by atoms with Crippen molar-refractivity contribution in [3.05, 3.63) is 45.6 Å². The van der Waals surface area contributed by atoms with E-state index in [0.717, 1.165) is 10.0 Å². The zero-order chi connectivity index (χ0) is 15.6. The zero-order valence-corrected chi connectivity index (χ0v) is 13.7. The molecule has 1 aliphatic heterocycles. The Kier molecular flexibility index (Phi) is 4.67. The first kappa shape index (κ1) is 15.6. The van der Waals surface area contributed by atoms with E-state index in [1.165, 1.54) is 0 Å². The van der Waals surface area contributed by atoms with E-state index in [2.05, 4.69) is 26.6 Å². The molecule has 0 saturated heterocycles. The van der Waals surface area contributed by atoms with E-state index in [-0.39, 0.29) is 12.1 Å². The van der Waals surface area contributed by atoms with Gasteiger partial charge in [-0.25, -0.2) is 9.59 Å². The molecule has 2 N–H and O–H groups in total. The van der Waals surface area contributed by atoms with E-state index in [9.17, 15) is 9.59 Å². The fourth-order valence-electron chi connectivity index (χ4n) is 2.18. The van der Waals surface area contributed by atoms with Crippen molar-refractivity contribution in [1.29, 1.82) is 0 Å². The Bertz CT molecular complexity index is 611. The summed E-state index contributed by atoms with van der Waals surface area (Å²) in [4.78, 5) is 24.0. The molecule has 1 heterocycles. The van der Waals surface area contributed by atoms with Gasteiger partial charge >= 0.3 is 12.0 Å². The smallest absolute Gasteiger partial charge is 0.338 e. The van der Waals surface area contributed by atoms with Crippen LogP contribution in [-0.4, -0.2) is 18.1 Å². The van der Waals surface area contributed by atoms with E-state index in [1.54, 1.807) is 20.8 Å².